The van der Waals surface area contributed by atoms with E-state index in [1.807, 2.05) is 0 Å². The van der Waals surface area contributed by atoms with Crippen molar-refractivity contribution < 1.29 is 12.8 Å². The third kappa shape index (κ3) is 2.82. The molecule has 4 nitrogen and oxygen atoms in total. The van der Waals surface area contributed by atoms with Crippen LogP contribution < -0.4 is 10.5 Å². The highest BCUT2D eigenvalue weighted by molar-refractivity contribution is 7.93. The van der Waals surface area contributed by atoms with Crippen molar-refractivity contribution in [3.8, 4) is 0 Å². The molecule has 0 fully saturated rings. The van der Waals surface area contributed by atoms with Crippen LogP contribution in [0.4, 0.5) is 15.8 Å². The van der Waals surface area contributed by atoms with Gasteiger partial charge in [-0.2, -0.15) is 0 Å². The van der Waals surface area contributed by atoms with E-state index in [1.54, 1.807) is 6.07 Å². The number of sulfonamides is 1. The van der Waals surface area contributed by atoms with E-state index in [-0.39, 0.29) is 20.6 Å². The van der Waals surface area contributed by atoms with Crippen molar-refractivity contribution in [2.24, 2.45) is 0 Å². The molecular formula is C12H9Cl2FN2O2S. The average Bonchev–Trinajstić information content (AvgIpc) is 2.37. The Kier molecular flexibility index (Phi) is 4.08. The zero-order chi connectivity index (χ0) is 14.9. The van der Waals surface area contributed by atoms with Gasteiger partial charge in [0.1, 0.15) is 10.7 Å². The van der Waals surface area contributed by atoms with Crippen molar-refractivity contribution in [2.75, 3.05) is 10.5 Å². The normalized spacial score (nSPS) is 11.3. The molecule has 3 N–H and O–H groups in total. The quantitative estimate of drug-likeness (QED) is 0.843. The molecule has 2 rings (SSSR count). The van der Waals surface area contributed by atoms with Crippen LogP contribution in [0.25, 0.3) is 0 Å². The molecule has 0 spiro atoms. The number of nitrogen functional groups attached to an aromatic ring is 1. The number of para-hydroxylation sites is 2. The van der Waals surface area contributed by atoms with Gasteiger partial charge in [-0.25, -0.2) is 12.8 Å². The van der Waals surface area contributed by atoms with Gasteiger partial charge in [0.2, 0.25) is 0 Å². The van der Waals surface area contributed by atoms with Crippen molar-refractivity contribution in [3.05, 3.63) is 52.3 Å². The molecule has 0 heterocycles. The van der Waals surface area contributed by atoms with E-state index in [4.69, 9.17) is 28.9 Å². The van der Waals surface area contributed by atoms with Gasteiger partial charge in [-0.3, -0.25) is 4.72 Å². The van der Waals surface area contributed by atoms with Crippen molar-refractivity contribution in [1.29, 1.82) is 0 Å². The molecule has 2 aromatic carbocycles. The second-order valence-corrected chi connectivity index (χ2v) is 6.32. The third-order valence-corrected chi connectivity index (χ3v) is 4.54. The summed E-state index contributed by atoms with van der Waals surface area (Å²) >= 11 is 11.8. The molecule has 0 radical (unpaired) electrons. The first-order valence-electron chi connectivity index (χ1n) is 5.34. The Balaban J connectivity index is 2.50. The first-order chi connectivity index (χ1) is 9.33. The van der Waals surface area contributed by atoms with E-state index in [1.165, 1.54) is 24.3 Å². The number of nitrogens with one attached hydrogen (secondary N) is 1. The number of halogens is 3. The molecule has 106 valence electrons. The molecule has 0 bridgehead atoms. The second-order valence-electron chi connectivity index (χ2n) is 3.85. The number of hydrogen-bond acceptors (Lipinski definition) is 3. The van der Waals surface area contributed by atoms with Crippen LogP contribution >= 0.6 is 23.2 Å². The van der Waals surface area contributed by atoms with E-state index in [9.17, 15) is 12.8 Å². The van der Waals surface area contributed by atoms with Crippen LogP contribution in [-0.2, 0) is 10.0 Å². The maximum Gasteiger partial charge on any atom is 0.264 e. The van der Waals surface area contributed by atoms with Crippen molar-refractivity contribution >= 4 is 44.6 Å². The van der Waals surface area contributed by atoms with E-state index in [0.717, 1.165) is 6.07 Å². The monoisotopic (exact) mass is 334 g/mol. The van der Waals surface area contributed by atoms with Crippen LogP contribution in [0.5, 0.6) is 0 Å². The van der Waals surface area contributed by atoms with E-state index >= 15 is 0 Å². The highest BCUT2D eigenvalue weighted by Gasteiger charge is 2.21. The van der Waals surface area contributed by atoms with Gasteiger partial charge in [-0.05, 0) is 24.3 Å². The summed E-state index contributed by atoms with van der Waals surface area (Å²) in [6.07, 6.45) is 0. The summed E-state index contributed by atoms with van der Waals surface area (Å²) in [6, 6.07) is 8.01. The lowest BCUT2D eigenvalue weighted by atomic mass is 10.3. The predicted octanol–water partition coefficient (Wildman–Crippen LogP) is 3.52. The molecule has 0 aliphatic carbocycles. The molecule has 0 saturated carbocycles. The molecule has 0 aliphatic heterocycles. The Labute approximate surface area is 125 Å². The molecule has 8 heteroatoms. The van der Waals surface area contributed by atoms with Crippen LogP contribution in [0.1, 0.15) is 0 Å². The minimum Gasteiger partial charge on any atom is -0.395 e. The lowest BCUT2D eigenvalue weighted by Crippen LogP contribution is -2.16. The summed E-state index contributed by atoms with van der Waals surface area (Å²) in [4.78, 5) is -0.381. The zero-order valence-corrected chi connectivity index (χ0v) is 12.2. The summed E-state index contributed by atoms with van der Waals surface area (Å²) < 4.78 is 39.9. The van der Waals surface area contributed by atoms with Gasteiger partial charge in [0, 0.05) is 0 Å². The van der Waals surface area contributed by atoms with Gasteiger partial charge in [0.05, 0.1) is 21.4 Å². The molecule has 0 amide bonds. The maximum atomic E-state index is 13.3. The maximum absolute atomic E-state index is 13.3. The largest absolute Gasteiger partial charge is 0.395 e. The van der Waals surface area contributed by atoms with Gasteiger partial charge in [0.15, 0.2) is 0 Å². The van der Waals surface area contributed by atoms with Crippen LogP contribution in [-0.4, -0.2) is 8.42 Å². The summed E-state index contributed by atoms with van der Waals surface area (Å²) in [5.74, 6) is -0.821. The van der Waals surface area contributed by atoms with Crippen LogP contribution in [0.3, 0.4) is 0 Å². The number of hydrogen-bond donors (Lipinski definition) is 2. The van der Waals surface area contributed by atoms with Crippen LogP contribution in [0, 0.1) is 5.82 Å². The first kappa shape index (κ1) is 14.9. The van der Waals surface area contributed by atoms with E-state index in [0.29, 0.717) is 0 Å². The van der Waals surface area contributed by atoms with Crippen LogP contribution in [0.2, 0.25) is 10.0 Å². The molecule has 20 heavy (non-hydrogen) atoms. The number of nitrogens with two attached hydrogens (primary N) is 1. The standard InChI is InChI=1S/C12H9Cl2FN2O2S/c13-7-3-1-4-8(14)12(7)17-20(18,19)10-6-2-5-9(15)11(10)16/h1-6,17H,16H2. The third-order valence-electron chi connectivity index (χ3n) is 2.50. The average molecular weight is 335 g/mol. The molecule has 2 aromatic rings. The summed E-state index contributed by atoms with van der Waals surface area (Å²) in [5, 5.41) is 0.243. The predicted molar refractivity (Wildman–Crippen MR) is 78.1 cm³/mol. The van der Waals surface area contributed by atoms with Crippen molar-refractivity contribution in [3.63, 3.8) is 0 Å². The summed E-state index contributed by atoms with van der Waals surface area (Å²) in [7, 11) is -4.10. The highest BCUT2D eigenvalue weighted by atomic mass is 35.5. The van der Waals surface area contributed by atoms with Gasteiger partial charge < -0.3 is 5.73 Å². The summed E-state index contributed by atoms with van der Waals surface area (Å²) in [5.41, 5.74) is 4.98. The lowest BCUT2D eigenvalue weighted by Gasteiger charge is -2.12. The molecular weight excluding hydrogens is 326 g/mol. The lowest BCUT2D eigenvalue weighted by molar-refractivity contribution is 0.597. The Bertz CT molecular complexity index is 746. The first-order valence-corrected chi connectivity index (χ1v) is 7.57. The minimum atomic E-state index is -4.10. The fourth-order valence-electron chi connectivity index (χ4n) is 1.54. The molecule has 0 aromatic heterocycles. The van der Waals surface area contributed by atoms with Gasteiger partial charge in [-0.1, -0.05) is 35.3 Å². The smallest absolute Gasteiger partial charge is 0.264 e. The van der Waals surface area contributed by atoms with Crippen molar-refractivity contribution in [2.45, 2.75) is 4.90 Å². The fourth-order valence-corrected chi connectivity index (χ4v) is 3.38. The summed E-state index contributed by atoms with van der Waals surface area (Å²) in [6.45, 7) is 0. The molecule has 0 atom stereocenters. The second kappa shape index (κ2) is 5.47. The number of rotatable bonds is 3. The fraction of sp³-hybridized carbons (Fsp3) is 0. The van der Waals surface area contributed by atoms with Gasteiger partial charge in [-0.15, -0.1) is 0 Å². The van der Waals surface area contributed by atoms with E-state index < -0.39 is 21.5 Å². The highest BCUT2D eigenvalue weighted by Crippen LogP contribution is 2.32. The molecule has 0 aliphatic rings. The number of benzene rings is 2. The SMILES string of the molecule is Nc1c(F)cccc1S(=O)(=O)Nc1c(Cl)cccc1Cl. The topological polar surface area (TPSA) is 72.2 Å². The Hall–Kier alpha value is -1.50. The number of anilines is 2. The zero-order valence-electron chi connectivity index (χ0n) is 9.90. The Morgan fingerprint density at radius 3 is 2.20 bits per heavy atom. The van der Waals surface area contributed by atoms with E-state index in [2.05, 4.69) is 4.72 Å². The molecule has 0 saturated heterocycles. The van der Waals surface area contributed by atoms with Crippen LogP contribution in [0.15, 0.2) is 41.3 Å². The minimum absolute atomic E-state index is 0.0134. The molecule has 0 unspecified atom stereocenters. The van der Waals surface area contributed by atoms with Gasteiger partial charge in [0.25, 0.3) is 10.0 Å². The Morgan fingerprint density at radius 1 is 1.05 bits per heavy atom. The Morgan fingerprint density at radius 2 is 1.60 bits per heavy atom. The van der Waals surface area contributed by atoms with Crippen molar-refractivity contribution in [1.82, 2.24) is 0 Å². The van der Waals surface area contributed by atoms with Gasteiger partial charge >= 0.3 is 0 Å².